The molecule has 0 fully saturated rings. The molecular formula is C46H30. The smallest absolute Gasteiger partial charge is 0.0622 e. The zero-order valence-corrected chi connectivity index (χ0v) is 24.8. The molecule has 0 nitrogen and oxygen atoms in total. The Morgan fingerprint density at radius 3 is 1.72 bits per heavy atom. The fraction of sp³-hybridized carbons (Fsp3) is 0. The molecule has 0 aliphatic carbocycles. The third-order valence-corrected chi connectivity index (χ3v) is 8.84. The van der Waals surface area contributed by atoms with E-state index in [2.05, 4.69) is 6.07 Å². The van der Waals surface area contributed by atoms with Gasteiger partial charge in [-0.2, -0.15) is 0 Å². The number of fused-ring (bicyclic) bond motifs is 4. The van der Waals surface area contributed by atoms with E-state index in [0.717, 1.165) is 32.7 Å². The van der Waals surface area contributed by atoms with E-state index in [0.29, 0.717) is 38.6 Å². The lowest BCUT2D eigenvalue weighted by Gasteiger charge is -2.20. The second-order valence-electron chi connectivity index (χ2n) is 11.5. The summed E-state index contributed by atoms with van der Waals surface area (Å²) < 4.78 is 66.0. The number of rotatable bonds is 4. The van der Waals surface area contributed by atoms with Crippen molar-refractivity contribution in [2.45, 2.75) is 0 Å². The number of hydrogen-bond acceptors (Lipinski definition) is 0. The fourth-order valence-corrected chi connectivity index (χ4v) is 6.69. The highest BCUT2D eigenvalue weighted by molar-refractivity contribution is 6.24. The van der Waals surface area contributed by atoms with E-state index >= 15 is 0 Å². The maximum atomic E-state index is 10.1. The molecule has 214 valence electrons. The number of benzene rings is 9. The van der Waals surface area contributed by atoms with Crippen LogP contribution in [0.2, 0.25) is 0 Å². The Morgan fingerprint density at radius 2 is 0.935 bits per heavy atom. The van der Waals surface area contributed by atoms with Crippen molar-refractivity contribution in [1.29, 1.82) is 0 Å². The largest absolute Gasteiger partial charge is 0.0636 e. The Balaban J connectivity index is 1.58. The zero-order valence-electron chi connectivity index (χ0n) is 31.8. The lowest BCUT2D eigenvalue weighted by atomic mass is 9.83. The summed E-state index contributed by atoms with van der Waals surface area (Å²) in [6.45, 7) is 0. The van der Waals surface area contributed by atoms with E-state index in [9.17, 15) is 6.85 Å². The van der Waals surface area contributed by atoms with Gasteiger partial charge >= 0.3 is 0 Å². The van der Waals surface area contributed by atoms with Gasteiger partial charge in [-0.1, -0.05) is 158 Å². The highest BCUT2D eigenvalue weighted by atomic mass is 14.2. The third kappa shape index (κ3) is 4.38. The minimum Gasteiger partial charge on any atom is -0.0622 e. The first kappa shape index (κ1) is 20.1. The van der Waals surface area contributed by atoms with Gasteiger partial charge in [0.1, 0.15) is 0 Å². The van der Waals surface area contributed by atoms with Crippen molar-refractivity contribution in [3.63, 3.8) is 0 Å². The highest BCUT2D eigenvalue weighted by Gasteiger charge is 2.19. The molecule has 0 heteroatoms. The maximum Gasteiger partial charge on any atom is 0.0636 e. The summed E-state index contributed by atoms with van der Waals surface area (Å²) in [4.78, 5) is 0. The molecule has 0 heterocycles. The van der Waals surface area contributed by atoms with Crippen LogP contribution in [-0.4, -0.2) is 0 Å². The highest BCUT2D eigenvalue weighted by Crippen LogP contribution is 2.47. The van der Waals surface area contributed by atoms with Gasteiger partial charge in [0.15, 0.2) is 0 Å². The van der Waals surface area contributed by atoms with Gasteiger partial charge in [-0.05, 0) is 112 Å². The summed E-state index contributed by atoms with van der Waals surface area (Å²) in [5.74, 6) is 0. The van der Waals surface area contributed by atoms with E-state index in [1.165, 1.54) is 0 Å². The van der Waals surface area contributed by atoms with Crippen LogP contribution >= 0.6 is 0 Å². The van der Waals surface area contributed by atoms with Crippen LogP contribution < -0.4 is 0 Å². The second kappa shape index (κ2) is 10.9. The Labute approximate surface area is 278 Å². The topological polar surface area (TPSA) is 0 Å². The average molecular weight is 590 g/mol. The van der Waals surface area contributed by atoms with Crippen molar-refractivity contribution in [2.75, 3.05) is 0 Å². The van der Waals surface area contributed by atoms with Gasteiger partial charge in [0.05, 0.1) is 9.60 Å². The lowest BCUT2D eigenvalue weighted by molar-refractivity contribution is 1.63. The van der Waals surface area contributed by atoms with E-state index in [-0.39, 0.29) is 58.6 Å². The molecular weight excluding hydrogens is 553 g/mol. The van der Waals surface area contributed by atoms with Crippen LogP contribution in [0.4, 0.5) is 0 Å². The van der Waals surface area contributed by atoms with Gasteiger partial charge in [0, 0.05) is 0 Å². The first-order valence-corrected chi connectivity index (χ1v) is 15.4. The van der Waals surface area contributed by atoms with E-state index in [4.69, 9.17) is 2.74 Å². The molecule has 0 bridgehead atoms. The summed E-state index contributed by atoms with van der Waals surface area (Å²) in [6, 6.07) is 43.5. The van der Waals surface area contributed by atoms with Gasteiger partial charge in [-0.25, -0.2) is 0 Å². The van der Waals surface area contributed by atoms with E-state index in [1.807, 2.05) is 133 Å². The fourth-order valence-electron chi connectivity index (χ4n) is 6.69. The molecule has 0 amide bonds. The molecule has 9 aromatic rings. The van der Waals surface area contributed by atoms with Crippen molar-refractivity contribution in [2.24, 2.45) is 0 Å². The van der Waals surface area contributed by atoms with Gasteiger partial charge in [0.25, 0.3) is 0 Å². The third-order valence-electron chi connectivity index (χ3n) is 8.84. The van der Waals surface area contributed by atoms with Crippen LogP contribution in [0.3, 0.4) is 0 Å². The first-order chi connectivity index (χ1) is 25.7. The second-order valence-corrected chi connectivity index (χ2v) is 11.5. The minimum absolute atomic E-state index is 0.0203. The molecule has 0 spiro atoms. The van der Waals surface area contributed by atoms with Crippen LogP contribution in [0.15, 0.2) is 182 Å². The Bertz CT molecular complexity index is 2960. The molecule has 9 aromatic carbocycles. The van der Waals surface area contributed by atoms with Crippen LogP contribution in [0.25, 0.3) is 87.6 Å². The van der Waals surface area contributed by atoms with Crippen molar-refractivity contribution < 1.29 is 9.60 Å². The molecule has 0 saturated heterocycles. The Kier molecular flexibility index (Phi) is 4.76. The molecule has 0 radical (unpaired) electrons. The van der Waals surface area contributed by atoms with Crippen LogP contribution in [0.1, 0.15) is 9.60 Å². The van der Waals surface area contributed by atoms with Crippen molar-refractivity contribution in [3.8, 4) is 44.5 Å². The predicted octanol–water partition coefficient (Wildman–Crippen LogP) is 13.0. The molecule has 0 N–H and O–H groups in total. The van der Waals surface area contributed by atoms with Gasteiger partial charge in [-0.3, -0.25) is 0 Å². The number of hydrogen-bond donors (Lipinski definition) is 0. The summed E-state index contributed by atoms with van der Waals surface area (Å²) in [7, 11) is 0. The molecule has 0 saturated carbocycles. The van der Waals surface area contributed by atoms with Gasteiger partial charge in [-0.15, -0.1) is 0 Å². The summed E-state index contributed by atoms with van der Waals surface area (Å²) in [5.41, 5.74) is 4.94. The van der Waals surface area contributed by atoms with Gasteiger partial charge < -0.3 is 0 Å². The Morgan fingerprint density at radius 1 is 0.326 bits per heavy atom. The summed E-state index contributed by atoms with van der Waals surface area (Å²) in [6.07, 6.45) is 0. The monoisotopic (exact) mass is 589 g/mol. The standard InChI is InChI=1S/C46H30/c1-3-13-31(14-4-1)38-28-37-19-9-10-20-39(37)43(30-38)46-41-22-12-11-21-40(41)45(33-16-5-2-6-17-33)42-26-25-36(29-44(42)46)35-24-23-32-15-7-8-18-34(32)27-35/h1-30H/i11D,12D,21D,22D,25D,26D,29D. The van der Waals surface area contributed by atoms with Crippen molar-refractivity contribution in [1.82, 2.24) is 0 Å². The lowest BCUT2D eigenvalue weighted by Crippen LogP contribution is -1.93. The van der Waals surface area contributed by atoms with Crippen molar-refractivity contribution in [3.05, 3.63) is 182 Å². The molecule has 46 heavy (non-hydrogen) atoms. The van der Waals surface area contributed by atoms with Crippen LogP contribution in [0.5, 0.6) is 0 Å². The molecule has 9 rings (SSSR count). The van der Waals surface area contributed by atoms with Crippen LogP contribution in [0, 0.1) is 0 Å². The maximum absolute atomic E-state index is 10.1. The van der Waals surface area contributed by atoms with Gasteiger partial charge in [0.2, 0.25) is 0 Å². The summed E-state index contributed by atoms with van der Waals surface area (Å²) in [5, 5.41) is 4.90. The molecule has 0 atom stereocenters. The molecule has 0 unspecified atom stereocenters. The molecule has 0 aromatic heterocycles. The van der Waals surface area contributed by atoms with Crippen molar-refractivity contribution >= 4 is 43.1 Å². The first-order valence-electron chi connectivity index (χ1n) is 18.9. The quantitative estimate of drug-likeness (QED) is 0.179. The summed E-state index contributed by atoms with van der Waals surface area (Å²) >= 11 is 0. The van der Waals surface area contributed by atoms with E-state index < -0.39 is 0 Å². The van der Waals surface area contributed by atoms with E-state index in [1.54, 1.807) is 0 Å². The zero-order chi connectivity index (χ0) is 36.5. The SMILES string of the molecule is [2H]c1c([2H])c([2H])c2c(-c3cc(-c4ccccc4)cc4ccccc34)c3c([2H])c(-c4ccc5ccccc5c4)c([2H])c([2H])c3c(-c3ccccc3)c2c1[2H]. The average Bonchev–Trinajstić information content (AvgIpc) is 3.20. The van der Waals surface area contributed by atoms with Crippen LogP contribution in [-0.2, 0) is 0 Å². The Hall–Kier alpha value is -5.98. The normalized spacial score (nSPS) is 13.6. The minimum atomic E-state index is -0.385. The molecule has 0 aliphatic rings. The molecule has 0 aliphatic heterocycles. The predicted molar refractivity (Wildman–Crippen MR) is 198 cm³/mol.